The third-order valence-corrected chi connectivity index (χ3v) is 4.13. The quantitative estimate of drug-likeness (QED) is 0.761. The molecule has 0 radical (unpaired) electrons. The molecule has 2 aliphatic rings. The highest BCUT2D eigenvalue weighted by Gasteiger charge is 2.62. The van der Waals surface area contributed by atoms with E-state index < -0.39 is 23.3 Å². The predicted molar refractivity (Wildman–Crippen MR) is 64.9 cm³/mol. The van der Waals surface area contributed by atoms with Crippen molar-refractivity contribution in [2.24, 2.45) is 28.3 Å². The van der Waals surface area contributed by atoms with E-state index in [-0.39, 0.29) is 23.2 Å². The van der Waals surface area contributed by atoms with Crippen LogP contribution in [0.4, 0.5) is 0 Å². The van der Waals surface area contributed by atoms with Crippen LogP contribution in [0.5, 0.6) is 0 Å². The average molecular weight is 251 g/mol. The summed E-state index contributed by atoms with van der Waals surface area (Å²) in [6.45, 7) is 7.29. The van der Waals surface area contributed by atoms with E-state index in [0.29, 0.717) is 5.57 Å². The molecule has 4 unspecified atom stereocenters. The maximum Gasteiger partial charge on any atom is 0.332 e. The Bertz CT molecular complexity index is 472. The molecule has 0 aromatic carbocycles. The summed E-state index contributed by atoms with van der Waals surface area (Å²) in [5.41, 5.74) is 0.168. The zero-order valence-electron chi connectivity index (χ0n) is 10.9. The summed E-state index contributed by atoms with van der Waals surface area (Å²) in [5, 5.41) is 12.4. The number of carboxylic acid groups (broad SMARTS) is 1. The number of nitroso groups, excluding NO2 is 1. The Hall–Kier alpha value is -1.52. The lowest BCUT2D eigenvalue weighted by atomic mass is 9.63. The van der Waals surface area contributed by atoms with Crippen LogP contribution in [-0.2, 0) is 9.59 Å². The summed E-state index contributed by atoms with van der Waals surface area (Å²) in [6, 6.07) is -0.672. The lowest BCUT2D eigenvalue weighted by Crippen LogP contribution is -2.49. The van der Waals surface area contributed by atoms with Crippen molar-refractivity contribution in [2.75, 3.05) is 0 Å². The van der Waals surface area contributed by atoms with E-state index in [1.807, 2.05) is 20.8 Å². The second-order valence-corrected chi connectivity index (χ2v) is 6.18. The molecule has 0 heterocycles. The van der Waals surface area contributed by atoms with Gasteiger partial charge in [-0.25, -0.2) is 4.79 Å². The minimum Gasteiger partial charge on any atom is -0.478 e. The Morgan fingerprint density at radius 2 is 1.89 bits per heavy atom. The molecule has 0 spiro atoms. The third kappa shape index (κ3) is 1.46. The van der Waals surface area contributed by atoms with Gasteiger partial charge in [0.25, 0.3) is 0 Å². The molecular formula is C13H17NO4. The molecule has 18 heavy (non-hydrogen) atoms. The first-order valence-electron chi connectivity index (χ1n) is 6.05. The highest BCUT2D eigenvalue weighted by Crippen LogP contribution is 2.56. The van der Waals surface area contributed by atoms with E-state index in [1.54, 1.807) is 6.92 Å². The second kappa shape index (κ2) is 3.73. The Kier molecular flexibility index (Phi) is 2.68. The summed E-state index contributed by atoms with van der Waals surface area (Å²) >= 11 is 0. The van der Waals surface area contributed by atoms with Crippen molar-refractivity contribution in [3.63, 3.8) is 0 Å². The number of rotatable bonds is 2. The van der Waals surface area contributed by atoms with Crippen molar-refractivity contribution in [1.82, 2.24) is 0 Å². The molecule has 0 aliphatic heterocycles. The number of ketones is 1. The first kappa shape index (κ1) is 12.9. The Balaban J connectivity index is 2.60. The zero-order chi connectivity index (χ0) is 13.8. The van der Waals surface area contributed by atoms with Gasteiger partial charge in [0.05, 0.1) is 5.92 Å². The van der Waals surface area contributed by atoms with Crippen LogP contribution in [0.1, 0.15) is 27.7 Å². The summed E-state index contributed by atoms with van der Waals surface area (Å²) < 4.78 is 0. The number of fused-ring (bicyclic) bond motifs is 1. The molecule has 1 saturated carbocycles. The fourth-order valence-corrected chi connectivity index (χ4v) is 3.36. The first-order chi connectivity index (χ1) is 8.21. The van der Waals surface area contributed by atoms with E-state index in [1.165, 1.54) is 0 Å². The van der Waals surface area contributed by atoms with Gasteiger partial charge in [-0.15, -0.1) is 0 Å². The van der Waals surface area contributed by atoms with Crippen molar-refractivity contribution < 1.29 is 14.7 Å². The van der Waals surface area contributed by atoms with Crippen molar-refractivity contribution >= 4 is 11.8 Å². The van der Waals surface area contributed by atoms with Crippen LogP contribution in [0, 0.1) is 28.1 Å². The number of nitrogens with zero attached hydrogens (tertiary/aromatic N) is 1. The van der Waals surface area contributed by atoms with Crippen LogP contribution in [-0.4, -0.2) is 22.9 Å². The minimum absolute atomic E-state index is 0.0784. The van der Waals surface area contributed by atoms with Crippen molar-refractivity contribution in [2.45, 2.75) is 33.7 Å². The standard InChI is InChI=1S/C13H17NO4/c1-5-6-7(11(5)15)8(12(16)17)9(10(6)14-18)13(2,3)4/h5-7,10H,1-4H3,(H,16,17). The zero-order valence-corrected chi connectivity index (χ0v) is 10.9. The number of carbonyl (C=O) groups excluding carboxylic acids is 1. The predicted octanol–water partition coefficient (Wildman–Crippen LogP) is 2.01. The van der Waals surface area contributed by atoms with Crippen LogP contribution in [0.2, 0.25) is 0 Å². The highest BCUT2D eigenvalue weighted by atomic mass is 16.4. The monoisotopic (exact) mass is 251 g/mol. The SMILES string of the molecule is CC1C(=O)C2C(C(=O)O)=C(C(C)(C)C)C(N=O)C12. The average Bonchev–Trinajstić information content (AvgIpc) is 2.59. The molecule has 0 saturated heterocycles. The largest absolute Gasteiger partial charge is 0.478 e. The molecule has 2 rings (SSSR count). The fraction of sp³-hybridized carbons (Fsp3) is 0.692. The Labute approximate surface area is 105 Å². The van der Waals surface area contributed by atoms with Gasteiger partial charge in [0.2, 0.25) is 0 Å². The van der Waals surface area contributed by atoms with Gasteiger partial charge in [-0.3, -0.25) is 4.79 Å². The van der Waals surface area contributed by atoms with Crippen molar-refractivity contribution in [1.29, 1.82) is 0 Å². The van der Waals surface area contributed by atoms with E-state index in [0.717, 1.165) is 0 Å². The number of carboxylic acids is 1. The van der Waals surface area contributed by atoms with Crippen LogP contribution in [0.3, 0.4) is 0 Å². The van der Waals surface area contributed by atoms with E-state index in [9.17, 15) is 19.6 Å². The van der Waals surface area contributed by atoms with Gasteiger partial charge in [0, 0.05) is 17.4 Å². The molecule has 4 atom stereocenters. The maximum absolute atomic E-state index is 11.9. The van der Waals surface area contributed by atoms with E-state index in [4.69, 9.17) is 0 Å². The van der Waals surface area contributed by atoms with Gasteiger partial charge in [0.15, 0.2) is 0 Å². The number of hydrogen-bond acceptors (Lipinski definition) is 4. The highest BCUT2D eigenvalue weighted by molar-refractivity contribution is 6.04. The number of Topliss-reactive ketones (excluding diaryl/α,β-unsaturated/α-hetero) is 1. The molecular weight excluding hydrogens is 234 g/mol. The van der Waals surface area contributed by atoms with Crippen molar-refractivity contribution in [3.05, 3.63) is 16.1 Å². The van der Waals surface area contributed by atoms with Gasteiger partial charge in [-0.05, 0) is 11.0 Å². The van der Waals surface area contributed by atoms with Crippen LogP contribution in [0.15, 0.2) is 16.3 Å². The summed E-state index contributed by atoms with van der Waals surface area (Å²) in [4.78, 5) is 34.3. The Morgan fingerprint density at radius 3 is 2.28 bits per heavy atom. The fourth-order valence-electron chi connectivity index (χ4n) is 3.36. The van der Waals surface area contributed by atoms with Gasteiger partial charge in [-0.1, -0.05) is 32.9 Å². The molecule has 0 amide bonds. The molecule has 98 valence electrons. The maximum atomic E-state index is 11.9. The summed E-state index contributed by atoms with van der Waals surface area (Å²) in [6.07, 6.45) is 0. The van der Waals surface area contributed by atoms with Gasteiger partial charge < -0.3 is 5.11 Å². The van der Waals surface area contributed by atoms with Crippen molar-refractivity contribution in [3.8, 4) is 0 Å². The topological polar surface area (TPSA) is 83.8 Å². The third-order valence-electron chi connectivity index (χ3n) is 4.13. The van der Waals surface area contributed by atoms with E-state index in [2.05, 4.69) is 5.18 Å². The van der Waals surface area contributed by atoms with Crippen LogP contribution in [0.25, 0.3) is 0 Å². The lowest BCUT2D eigenvalue weighted by molar-refractivity contribution is -0.143. The number of hydrogen-bond donors (Lipinski definition) is 1. The smallest absolute Gasteiger partial charge is 0.332 e. The summed E-state index contributed by atoms with van der Waals surface area (Å²) in [7, 11) is 0. The lowest BCUT2D eigenvalue weighted by Gasteiger charge is -2.38. The number of aliphatic carboxylic acids is 1. The van der Waals surface area contributed by atoms with Crippen LogP contribution >= 0.6 is 0 Å². The first-order valence-corrected chi connectivity index (χ1v) is 6.05. The molecule has 5 nitrogen and oxygen atoms in total. The van der Waals surface area contributed by atoms with Crippen LogP contribution < -0.4 is 0 Å². The molecule has 0 aromatic rings. The molecule has 0 aromatic heterocycles. The molecule has 1 N–H and O–H groups in total. The van der Waals surface area contributed by atoms with Gasteiger partial charge in [-0.2, -0.15) is 4.91 Å². The van der Waals surface area contributed by atoms with E-state index >= 15 is 0 Å². The summed E-state index contributed by atoms with van der Waals surface area (Å²) in [5.74, 6) is -2.33. The van der Waals surface area contributed by atoms with Gasteiger partial charge >= 0.3 is 5.97 Å². The molecule has 0 bridgehead atoms. The minimum atomic E-state index is -1.10. The molecule has 2 aliphatic carbocycles. The Morgan fingerprint density at radius 1 is 1.33 bits per heavy atom. The normalized spacial score (nSPS) is 35.2. The second-order valence-electron chi connectivity index (χ2n) is 6.18. The van der Waals surface area contributed by atoms with Gasteiger partial charge in [0.1, 0.15) is 11.8 Å². The molecule has 1 fully saturated rings. The number of carbonyl (C=O) groups is 2. The molecule has 5 heteroatoms.